The first kappa shape index (κ1) is 13.2. The average molecular weight is 255 g/mol. The average Bonchev–Trinajstić information content (AvgIpc) is 2.84. The number of amides is 1. The van der Waals surface area contributed by atoms with Crippen molar-refractivity contribution in [1.29, 1.82) is 0 Å². The Hall–Kier alpha value is -1.26. The maximum Gasteiger partial charge on any atom is 0.408 e. The Bertz CT molecular complexity index is 381. The predicted molar refractivity (Wildman–Crippen MR) is 65.0 cm³/mol. The van der Waals surface area contributed by atoms with Crippen molar-refractivity contribution >= 4 is 12.1 Å². The van der Waals surface area contributed by atoms with Crippen molar-refractivity contribution in [2.45, 2.75) is 57.6 Å². The molecule has 5 nitrogen and oxygen atoms in total. The van der Waals surface area contributed by atoms with Crippen LogP contribution in [0.3, 0.4) is 0 Å². The number of alkyl carbamates (subject to hydrolysis) is 1. The van der Waals surface area contributed by atoms with Crippen LogP contribution in [-0.4, -0.2) is 30.3 Å². The Morgan fingerprint density at radius 1 is 1.22 bits per heavy atom. The fourth-order valence-electron chi connectivity index (χ4n) is 2.84. The van der Waals surface area contributed by atoms with E-state index in [1.54, 1.807) is 20.8 Å². The van der Waals surface area contributed by atoms with E-state index in [2.05, 4.69) is 5.32 Å². The Labute approximate surface area is 107 Å². The third kappa shape index (κ3) is 1.95. The Kier molecular flexibility index (Phi) is 2.83. The molecule has 2 aliphatic rings. The molecule has 0 heterocycles. The molecular formula is C13H21NO4. The maximum atomic E-state index is 11.9. The van der Waals surface area contributed by atoms with Crippen molar-refractivity contribution in [3.05, 3.63) is 0 Å². The van der Waals surface area contributed by atoms with Gasteiger partial charge in [-0.1, -0.05) is 6.42 Å². The monoisotopic (exact) mass is 255 g/mol. The van der Waals surface area contributed by atoms with Crippen LogP contribution in [0.25, 0.3) is 0 Å². The summed E-state index contributed by atoms with van der Waals surface area (Å²) >= 11 is 0. The summed E-state index contributed by atoms with van der Waals surface area (Å²) in [6.45, 7) is 5.39. The third-order valence-electron chi connectivity index (χ3n) is 3.94. The molecular weight excluding hydrogens is 234 g/mol. The lowest BCUT2D eigenvalue weighted by atomic mass is 9.78. The molecule has 102 valence electrons. The molecule has 2 aliphatic carbocycles. The van der Waals surface area contributed by atoms with Gasteiger partial charge in [-0.05, 0) is 40.0 Å². The number of carbonyl (C=O) groups is 2. The highest BCUT2D eigenvalue weighted by Crippen LogP contribution is 2.68. The van der Waals surface area contributed by atoms with Crippen LogP contribution in [0.4, 0.5) is 4.79 Å². The second-order valence-corrected chi connectivity index (χ2v) is 6.33. The molecule has 0 aliphatic heterocycles. The van der Waals surface area contributed by atoms with Crippen LogP contribution in [0, 0.1) is 5.41 Å². The van der Waals surface area contributed by atoms with E-state index in [1.165, 1.54) is 7.11 Å². The van der Waals surface area contributed by atoms with Gasteiger partial charge in [0.05, 0.1) is 7.11 Å². The lowest BCUT2D eigenvalue weighted by molar-refractivity contribution is -0.146. The van der Waals surface area contributed by atoms with E-state index in [0.29, 0.717) is 6.42 Å². The standard InChI is InChI=1S/C13H21NO4/c1-11(2,3)18-10(16)14-13(9(15)17-4)8-12(13)6-5-7-12/h5-8H2,1-4H3,(H,14,16)/t13-/m0/s1. The molecule has 0 aromatic heterocycles. The van der Waals surface area contributed by atoms with Gasteiger partial charge in [0.2, 0.25) is 0 Å². The second kappa shape index (κ2) is 3.87. The van der Waals surface area contributed by atoms with Crippen LogP contribution >= 0.6 is 0 Å². The van der Waals surface area contributed by atoms with Gasteiger partial charge < -0.3 is 14.8 Å². The first-order valence-corrected chi connectivity index (χ1v) is 6.34. The van der Waals surface area contributed by atoms with E-state index in [0.717, 1.165) is 19.3 Å². The lowest BCUT2D eigenvalue weighted by Crippen LogP contribution is -2.51. The molecule has 0 aromatic rings. The quantitative estimate of drug-likeness (QED) is 0.766. The Morgan fingerprint density at radius 2 is 1.83 bits per heavy atom. The van der Waals surface area contributed by atoms with E-state index in [-0.39, 0.29) is 11.4 Å². The van der Waals surface area contributed by atoms with Crippen LogP contribution in [0.5, 0.6) is 0 Å². The summed E-state index contributed by atoms with van der Waals surface area (Å²) in [7, 11) is 1.35. The van der Waals surface area contributed by atoms with Crippen molar-refractivity contribution in [2.24, 2.45) is 5.41 Å². The van der Waals surface area contributed by atoms with Crippen molar-refractivity contribution in [2.75, 3.05) is 7.11 Å². The van der Waals surface area contributed by atoms with Crippen molar-refractivity contribution in [3.63, 3.8) is 0 Å². The highest BCUT2D eigenvalue weighted by Gasteiger charge is 2.75. The SMILES string of the molecule is COC(=O)[C@@]1(NC(=O)OC(C)(C)C)CC12CCC2. The van der Waals surface area contributed by atoms with Gasteiger partial charge in [0.25, 0.3) is 0 Å². The number of carbonyl (C=O) groups excluding carboxylic acids is 2. The zero-order valence-corrected chi connectivity index (χ0v) is 11.5. The van der Waals surface area contributed by atoms with Gasteiger partial charge in [-0.25, -0.2) is 9.59 Å². The summed E-state index contributed by atoms with van der Waals surface area (Å²) in [6.07, 6.45) is 3.17. The topological polar surface area (TPSA) is 64.6 Å². The maximum absolute atomic E-state index is 11.9. The molecule has 1 atom stereocenters. The molecule has 0 radical (unpaired) electrons. The smallest absolute Gasteiger partial charge is 0.408 e. The van der Waals surface area contributed by atoms with E-state index in [1.807, 2.05) is 0 Å². The van der Waals surface area contributed by atoms with E-state index in [9.17, 15) is 9.59 Å². The Balaban J connectivity index is 2.05. The van der Waals surface area contributed by atoms with Gasteiger partial charge in [0.1, 0.15) is 11.1 Å². The molecule has 5 heteroatoms. The van der Waals surface area contributed by atoms with Crippen LogP contribution in [-0.2, 0) is 14.3 Å². The number of hydrogen-bond donors (Lipinski definition) is 1. The number of esters is 1. The summed E-state index contributed by atoms with van der Waals surface area (Å²) in [6, 6.07) is 0. The molecule has 2 fully saturated rings. The molecule has 18 heavy (non-hydrogen) atoms. The van der Waals surface area contributed by atoms with Gasteiger partial charge in [-0.15, -0.1) is 0 Å². The highest BCUT2D eigenvalue weighted by atomic mass is 16.6. The van der Waals surface area contributed by atoms with Gasteiger partial charge in [-0.2, -0.15) is 0 Å². The van der Waals surface area contributed by atoms with Gasteiger partial charge >= 0.3 is 12.1 Å². The molecule has 0 saturated heterocycles. The van der Waals surface area contributed by atoms with Crippen LogP contribution < -0.4 is 5.32 Å². The minimum atomic E-state index is -0.845. The lowest BCUT2D eigenvalue weighted by Gasteiger charge is -2.32. The van der Waals surface area contributed by atoms with Crippen molar-refractivity contribution in [1.82, 2.24) is 5.32 Å². The molecule has 2 rings (SSSR count). The molecule has 0 bridgehead atoms. The van der Waals surface area contributed by atoms with E-state index in [4.69, 9.17) is 9.47 Å². The fraction of sp³-hybridized carbons (Fsp3) is 0.846. The van der Waals surface area contributed by atoms with Crippen molar-refractivity contribution in [3.8, 4) is 0 Å². The highest BCUT2D eigenvalue weighted by molar-refractivity contribution is 5.91. The summed E-state index contributed by atoms with van der Waals surface area (Å²) in [5.41, 5.74) is -1.48. The molecule has 1 N–H and O–H groups in total. The molecule has 0 aromatic carbocycles. The van der Waals surface area contributed by atoms with Crippen LogP contribution in [0.1, 0.15) is 46.5 Å². The van der Waals surface area contributed by atoms with Gasteiger partial charge in [0, 0.05) is 5.41 Å². The summed E-state index contributed by atoms with van der Waals surface area (Å²) < 4.78 is 10.0. The first-order valence-electron chi connectivity index (χ1n) is 6.34. The number of nitrogens with one attached hydrogen (secondary N) is 1. The summed E-state index contributed by atoms with van der Waals surface area (Å²) in [5, 5.41) is 2.73. The third-order valence-corrected chi connectivity index (χ3v) is 3.94. The largest absolute Gasteiger partial charge is 0.467 e. The first-order chi connectivity index (χ1) is 8.25. The molecule has 2 saturated carbocycles. The summed E-state index contributed by atoms with van der Waals surface area (Å²) in [5.74, 6) is -0.354. The molecule has 0 unspecified atom stereocenters. The number of ether oxygens (including phenoxy) is 2. The summed E-state index contributed by atoms with van der Waals surface area (Å²) in [4.78, 5) is 23.7. The second-order valence-electron chi connectivity index (χ2n) is 6.33. The van der Waals surface area contributed by atoms with Gasteiger partial charge in [-0.3, -0.25) is 0 Å². The number of rotatable bonds is 2. The predicted octanol–water partition coefficient (Wildman–Crippen LogP) is 2.00. The number of methoxy groups -OCH3 is 1. The zero-order chi connectivity index (χ0) is 13.6. The minimum Gasteiger partial charge on any atom is -0.467 e. The minimum absolute atomic E-state index is 0.0724. The molecule has 1 amide bonds. The molecule has 1 spiro atoms. The van der Waals surface area contributed by atoms with Crippen LogP contribution in [0.2, 0.25) is 0 Å². The normalized spacial score (nSPS) is 28.2. The van der Waals surface area contributed by atoms with E-state index >= 15 is 0 Å². The zero-order valence-electron chi connectivity index (χ0n) is 11.5. The van der Waals surface area contributed by atoms with E-state index < -0.39 is 17.2 Å². The van der Waals surface area contributed by atoms with Crippen molar-refractivity contribution < 1.29 is 19.1 Å². The van der Waals surface area contributed by atoms with Crippen LogP contribution in [0.15, 0.2) is 0 Å². The number of hydrogen-bond acceptors (Lipinski definition) is 4. The fourth-order valence-corrected chi connectivity index (χ4v) is 2.84. The van der Waals surface area contributed by atoms with Gasteiger partial charge in [0.15, 0.2) is 0 Å². The Morgan fingerprint density at radius 3 is 2.17 bits per heavy atom.